The first-order valence-electron chi connectivity index (χ1n) is 10.8. The topological polar surface area (TPSA) is 54.9 Å². The molecule has 6 nitrogen and oxygen atoms in total. The highest BCUT2D eigenvalue weighted by Gasteiger charge is 2.27. The largest absolute Gasteiger partial charge is 0.497 e. The first-order valence-corrected chi connectivity index (χ1v) is 10.8. The molecule has 1 aliphatic heterocycles. The number of ether oxygens (including phenoxy) is 2. The minimum Gasteiger partial charge on any atom is -0.497 e. The molecule has 0 bridgehead atoms. The molecule has 1 fully saturated rings. The van der Waals surface area contributed by atoms with Crippen molar-refractivity contribution in [2.24, 2.45) is 0 Å². The van der Waals surface area contributed by atoms with Gasteiger partial charge < -0.3 is 19.3 Å². The Bertz CT molecular complexity index is 1070. The van der Waals surface area contributed by atoms with Crippen LogP contribution in [0.4, 0.5) is 0 Å². The zero-order valence-electron chi connectivity index (χ0n) is 18.8. The Hall–Kier alpha value is -3.22. The summed E-state index contributed by atoms with van der Waals surface area (Å²) in [5, 5.41) is 0. The third kappa shape index (κ3) is 5.15. The van der Waals surface area contributed by atoms with Crippen LogP contribution in [0.25, 0.3) is 11.1 Å². The molecule has 0 N–H and O–H groups in total. The molecule has 0 spiro atoms. The van der Waals surface area contributed by atoms with Crippen molar-refractivity contribution >= 4 is 5.91 Å². The van der Waals surface area contributed by atoms with Gasteiger partial charge in [0, 0.05) is 30.4 Å². The van der Waals surface area contributed by atoms with Crippen LogP contribution in [0, 0.1) is 0 Å². The van der Waals surface area contributed by atoms with Crippen molar-refractivity contribution in [2.45, 2.75) is 12.6 Å². The van der Waals surface area contributed by atoms with Crippen molar-refractivity contribution in [3.8, 4) is 16.9 Å². The molecule has 1 atom stereocenters. The summed E-state index contributed by atoms with van der Waals surface area (Å²) >= 11 is 0. The predicted octanol–water partition coefficient (Wildman–Crippen LogP) is 4.03. The lowest BCUT2D eigenvalue weighted by molar-refractivity contribution is -0.0247. The summed E-state index contributed by atoms with van der Waals surface area (Å²) in [6, 6.07) is 19.8. The third-order valence-electron chi connectivity index (χ3n) is 5.55. The number of hydrogen-bond acceptors (Lipinski definition) is 5. The second-order valence-corrected chi connectivity index (χ2v) is 8.25. The SMILES string of the molecule is COc1cccc(-c2ccc([C@H]3CN(C(=O)c4cccc(CN(C)C)c4)CCO3)nc2)c1. The van der Waals surface area contributed by atoms with Crippen molar-refractivity contribution in [1.82, 2.24) is 14.8 Å². The van der Waals surface area contributed by atoms with E-state index < -0.39 is 0 Å². The maximum Gasteiger partial charge on any atom is 0.254 e. The molecule has 4 rings (SSSR count). The molecule has 1 saturated heterocycles. The Labute approximate surface area is 189 Å². The minimum atomic E-state index is -0.239. The number of amides is 1. The van der Waals surface area contributed by atoms with E-state index in [1.807, 2.05) is 85.9 Å². The third-order valence-corrected chi connectivity index (χ3v) is 5.55. The van der Waals surface area contributed by atoms with Crippen LogP contribution in [-0.2, 0) is 11.3 Å². The van der Waals surface area contributed by atoms with E-state index in [4.69, 9.17) is 9.47 Å². The van der Waals surface area contributed by atoms with Crippen LogP contribution < -0.4 is 4.74 Å². The molecule has 2 aromatic carbocycles. The number of benzene rings is 2. The van der Waals surface area contributed by atoms with Crippen molar-refractivity contribution in [2.75, 3.05) is 40.9 Å². The summed E-state index contributed by atoms with van der Waals surface area (Å²) in [5.41, 5.74) is 4.72. The maximum absolute atomic E-state index is 13.1. The molecule has 3 aromatic rings. The van der Waals surface area contributed by atoms with E-state index in [-0.39, 0.29) is 12.0 Å². The molecule has 166 valence electrons. The van der Waals surface area contributed by atoms with Gasteiger partial charge in [0.1, 0.15) is 11.9 Å². The molecule has 0 unspecified atom stereocenters. The second kappa shape index (κ2) is 9.94. The Morgan fingerprint density at radius 2 is 1.97 bits per heavy atom. The van der Waals surface area contributed by atoms with Gasteiger partial charge in [-0.3, -0.25) is 9.78 Å². The maximum atomic E-state index is 13.1. The fourth-order valence-electron chi connectivity index (χ4n) is 3.93. The van der Waals surface area contributed by atoms with E-state index in [9.17, 15) is 4.79 Å². The van der Waals surface area contributed by atoms with Crippen LogP contribution in [0.5, 0.6) is 5.75 Å². The lowest BCUT2D eigenvalue weighted by atomic mass is 10.1. The van der Waals surface area contributed by atoms with Gasteiger partial charge in [-0.05, 0) is 55.6 Å². The quantitative estimate of drug-likeness (QED) is 0.590. The molecular formula is C26H29N3O3. The van der Waals surface area contributed by atoms with Gasteiger partial charge in [0.25, 0.3) is 5.91 Å². The highest BCUT2D eigenvalue weighted by atomic mass is 16.5. The summed E-state index contributed by atoms with van der Waals surface area (Å²) < 4.78 is 11.3. The van der Waals surface area contributed by atoms with Crippen molar-refractivity contribution in [3.05, 3.63) is 83.7 Å². The number of nitrogens with zero attached hydrogens (tertiary/aromatic N) is 3. The van der Waals surface area contributed by atoms with Gasteiger partial charge in [0.05, 0.1) is 26.0 Å². The fourth-order valence-corrected chi connectivity index (χ4v) is 3.93. The zero-order chi connectivity index (χ0) is 22.5. The highest BCUT2D eigenvalue weighted by molar-refractivity contribution is 5.94. The van der Waals surface area contributed by atoms with Gasteiger partial charge in [-0.1, -0.05) is 30.3 Å². The van der Waals surface area contributed by atoms with Gasteiger partial charge in [-0.2, -0.15) is 0 Å². The summed E-state index contributed by atoms with van der Waals surface area (Å²) in [4.78, 5) is 21.7. The van der Waals surface area contributed by atoms with Crippen LogP contribution in [-0.4, -0.2) is 61.6 Å². The Kier molecular flexibility index (Phi) is 6.83. The van der Waals surface area contributed by atoms with Crippen molar-refractivity contribution in [3.63, 3.8) is 0 Å². The van der Waals surface area contributed by atoms with E-state index in [0.717, 1.165) is 34.7 Å². The fraction of sp³-hybridized carbons (Fsp3) is 0.308. The van der Waals surface area contributed by atoms with E-state index in [1.54, 1.807) is 7.11 Å². The normalized spacial score (nSPS) is 16.2. The van der Waals surface area contributed by atoms with Crippen molar-refractivity contribution < 1.29 is 14.3 Å². The summed E-state index contributed by atoms with van der Waals surface area (Å²) in [7, 11) is 5.70. The smallest absolute Gasteiger partial charge is 0.254 e. The number of rotatable bonds is 6. The predicted molar refractivity (Wildman–Crippen MR) is 125 cm³/mol. The number of hydrogen-bond donors (Lipinski definition) is 0. The van der Waals surface area contributed by atoms with Gasteiger partial charge >= 0.3 is 0 Å². The number of carbonyl (C=O) groups excluding carboxylic acids is 1. The average Bonchev–Trinajstić information content (AvgIpc) is 2.83. The highest BCUT2D eigenvalue weighted by Crippen LogP contribution is 2.26. The van der Waals surface area contributed by atoms with Crippen LogP contribution in [0.1, 0.15) is 27.7 Å². The van der Waals surface area contributed by atoms with Crippen LogP contribution >= 0.6 is 0 Å². The molecule has 6 heteroatoms. The molecule has 0 radical (unpaired) electrons. The Balaban J connectivity index is 1.46. The standard InChI is InChI=1S/C26H29N3O3/c1-28(2)17-19-6-4-8-21(14-19)26(30)29-12-13-32-25(18-29)24-11-10-22(16-27-24)20-7-5-9-23(15-20)31-3/h4-11,14-16,25H,12-13,17-18H2,1-3H3/t25-/m1/s1. The van der Waals surface area contributed by atoms with Crippen molar-refractivity contribution in [1.29, 1.82) is 0 Å². The summed E-state index contributed by atoms with van der Waals surface area (Å²) in [6.45, 7) is 2.36. The summed E-state index contributed by atoms with van der Waals surface area (Å²) in [5.74, 6) is 0.845. The Morgan fingerprint density at radius 1 is 1.12 bits per heavy atom. The monoisotopic (exact) mass is 431 g/mol. The molecule has 0 aliphatic carbocycles. The molecule has 1 aliphatic rings. The zero-order valence-corrected chi connectivity index (χ0v) is 18.8. The molecule has 1 amide bonds. The molecule has 1 aromatic heterocycles. The Morgan fingerprint density at radius 3 is 2.72 bits per heavy atom. The number of morpholine rings is 1. The average molecular weight is 432 g/mol. The number of methoxy groups -OCH3 is 1. The van der Waals surface area contributed by atoms with Crippen LogP contribution in [0.2, 0.25) is 0 Å². The number of pyridine rings is 1. The number of carbonyl (C=O) groups is 1. The second-order valence-electron chi connectivity index (χ2n) is 8.25. The summed E-state index contributed by atoms with van der Waals surface area (Å²) in [6.07, 6.45) is 1.61. The van der Waals surface area contributed by atoms with Gasteiger partial charge in [0.15, 0.2) is 0 Å². The molecule has 0 saturated carbocycles. The number of aromatic nitrogens is 1. The first-order chi connectivity index (χ1) is 15.5. The lowest BCUT2D eigenvalue weighted by Crippen LogP contribution is -2.42. The van der Waals surface area contributed by atoms with Crippen LogP contribution in [0.3, 0.4) is 0 Å². The minimum absolute atomic E-state index is 0.0342. The van der Waals surface area contributed by atoms with Crippen LogP contribution in [0.15, 0.2) is 66.9 Å². The molecule has 2 heterocycles. The van der Waals surface area contributed by atoms with Gasteiger partial charge in [-0.25, -0.2) is 0 Å². The van der Waals surface area contributed by atoms with E-state index in [2.05, 4.69) is 9.88 Å². The lowest BCUT2D eigenvalue weighted by Gasteiger charge is -2.33. The van der Waals surface area contributed by atoms with E-state index >= 15 is 0 Å². The molecule has 32 heavy (non-hydrogen) atoms. The molecular weight excluding hydrogens is 402 g/mol. The van der Waals surface area contributed by atoms with Gasteiger partial charge in [0.2, 0.25) is 0 Å². The van der Waals surface area contributed by atoms with E-state index in [1.165, 1.54) is 0 Å². The first kappa shape index (κ1) is 22.0. The van der Waals surface area contributed by atoms with E-state index in [0.29, 0.717) is 25.3 Å². The van der Waals surface area contributed by atoms with Gasteiger partial charge in [-0.15, -0.1) is 0 Å².